The molecule has 1 atom stereocenters. The minimum atomic E-state index is 0.142. The molecule has 0 saturated carbocycles. The second-order valence-electron chi connectivity index (χ2n) is 7.42. The first-order valence-corrected chi connectivity index (χ1v) is 12.1. The highest BCUT2D eigenvalue weighted by Crippen LogP contribution is 2.31. The lowest BCUT2D eigenvalue weighted by atomic mass is 10.0. The van der Waals surface area contributed by atoms with Gasteiger partial charge in [-0.15, -0.1) is 10.2 Å². The van der Waals surface area contributed by atoms with Crippen molar-refractivity contribution in [3.63, 3.8) is 0 Å². The van der Waals surface area contributed by atoms with Gasteiger partial charge >= 0.3 is 0 Å². The molecule has 1 aromatic carbocycles. The van der Waals surface area contributed by atoms with Crippen LogP contribution in [0.4, 0.5) is 0 Å². The van der Waals surface area contributed by atoms with Crippen molar-refractivity contribution in [1.82, 2.24) is 24.6 Å². The molecule has 1 aliphatic heterocycles. The van der Waals surface area contributed by atoms with Crippen LogP contribution >= 0.6 is 35.0 Å². The van der Waals surface area contributed by atoms with Gasteiger partial charge < -0.3 is 4.90 Å². The van der Waals surface area contributed by atoms with E-state index >= 15 is 0 Å². The van der Waals surface area contributed by atoms with E-state index in [1.807, 2.05) is 27.7 Å². The lowest BCUT2D eigenvalue weighted by Crippen LogP contribution is -2.44. The highest BCUT2D eigenvalue weighted by atomic mass is 35.5. The number of thioether (sulfide) groups is 1. The molecule has 0 aliphatic carbocycles. The number of benzene rings is 1. The van der Waals surface area contributed by atoms with Gasteiger partial charge in [0.05, 0.1) is 21.5 Å². The molecule has 1 unspecified atom stereocenters. The van der Waals surface area contributed by atoms with E-state index in [-0.39, 0.29) is 5.91 Å². The van der Waals surface area contributed by atoms with Crippen molar-refractivity contribution in [2.75, 3.05) is 12.3 Å². The molecule has 1 aliphatic rings. The fourth-order valence-electron chi connectivity index (χ4n) is 3.86. The molecule has 0 N–H and O–H groups in total. The molecule has 4 rings (SSSR count). The van der Waals surface area contributed by atoms with Crippen molar-refractivity contribution in [3.8, 4) is 17.1 Å². The van der Waals surface area contributed by atoms with Crippen LogP contribution in [0.1, 0.15) is 32.6 Å². The SMILES string of the molecule is CCC1CCCCN1C(=O)CSc1nnc(-c2cccnc2)n1-c1ccc(Cl)c(Cl)c1. The zero-order chi connectivity index (χ0) is 21.8. The van der Waals surface area contributed by atoms with Crippen LogP contribution in [0.15, 0.2) is 47.9 Å². The number of carbonyl (C=O) groups is 1. The van der Waals surface area contributed by atoms with Crippen LogP contribution < -0.4 is 0 Å². The highest BCUT2D eigenvalue weighted by Gasteiger charge is 2.26. The Balaban J connectivity index is 1.64. The van der Waals surface area contributed by atoms with Gasteiger partial charge in [-0.05, 0) is 56.0 Å². The van der Waals surface area contributed by atoms with Crippen molar-refractivity contribution in [2.24, 2.45) is 0 Å². The number of aromatic nitrogens is 4. The predicted molar refractivity (Wildman–Crippen MR) is 125 cm³/mol. The molecule has 0 radical (unpaired) electrons. The van der Waals surface area contributed by atoms with Gasteiger partial charge in [0.1, 0.15) is 0 Å². The van der Waals surface area contributed by atoms with Crippen molar-refractivity contribution in [3.05, 3.63) is 52.8 Å². The number of hydrogen-bond acceptors (Lipinski definition) is 5. The van der Waals surface area contributed by atoms with E-state index in [0.717, 1.165) is 37.1 Å². The molecule has 1 fully saturated rings. The summed E-state index contributed by atoms with van der Waals surface area (Å²) in [7, 11) is 0. The molecule has 3 heterocycles. The Morgan fingerprint density at radius 1 is 1.19 bits per heavy atom. The molecular formula is C22H23Cl2N5OS. The summed E-state index contributed by atoms with van der Waals surface area (Å²) in [6, 6.07) is 9.48. The van der Waals surface area contributed by atoms with E-state index < -0.39 is 0 Å². The minimum Gasteiger partial charge on any atom is -0.339 e. The number of hydrogen-bond donors (Lipinski definition) is 0. The fraction of sp³-hybridized carbons (Fsp3) is 0.364. The number of likely N-dealkylation sites (tertiary alicyclic amines) is 1. The van der Waals surface area contributed by atoms with Crippen molar-refractivity contribution in [1.29, 1.82) is 0 Å². The van der Waals surface area contributed by atoms with Crippen LogP contribution in [0.3, 0.4) is 0 Å². The van der Waals surface area contributed by atoms with Gasteiger partial charge in [0.15, 0.2) is 11.0 Å². The lowest BCUT2D eigenvalue weighted by molar-refractivity contribution is -0.132. The van der Waals surface area contributed by atoms with E-state index in [4.69, 9.17) is 23.2 Å². The Hall–Kier alpha value is -2.09. The molecule has 2 aromatic heterocycles. The van der Waals surface area contributed by atoms with Gasteiger partial charge in [-0.1, -0.05) is 41.9 Å². The smallest absolute Gasteiger partial charge is 0.233 e. The summed E-state index contributed by atoms with van der Waals surface area (Å²) < 4.78 is 1.89. The lowest BCUT2D eigenvalue weighted by Gasteiger charge is -2.35. The van der Waals surface area contributed by atoms with Gasteiger partial charge in [-0.2, -0.15) is 0 Å². The summed E-state index contributed by atoms with van der Waals surface area (Å²) >= 11 is 13.8. The molecule has 0 spiro atoms. The number of nitrogens with zero attached hydrogens (tertiary/aromatic N) is 5. The second-order valence-corrected chi connectivity index (χ2v) is 9.17. The third-order valence-corrected chi connectivity index (χ3v) is 7.11. The Morgan fingerprint density at radius 2 is 2.06 bits per heavy atom. The van der Waals surface area contributed by atoms with Crippen LogP contribution in [0.5, 0.6) is 0 Å². The fourth-order valence-corrected chi connectivity index (χ4v) is 5.00. The molecule has 1 amide bonds. The van der Waals surface area contributed by atoms with E-state index in [1.54, 1.807) is 24.5 Å². The normalized spacial score (nSPS) is 16.5. The average molecular weight is 476 g/mol. The standard InChI is InChI=1S/C22H23Cl2N5OS/c1-2-16-7-3-4-11-28(16)20(30)14-31-22-27-26-21(15-6-5-10-25-13-15)29(22)17-8-9-18(23)19(24)12-17/h5-6,8-10,12-13,16H,2-4,7,11,14H2,1H3. The monoisotopic (exact) mass is 475 g/mol. The summed E-state index contributed by atoms with van der Waals surface area (Å²) in [6.07, 6.45) is 7.77. The maximum Gasteiger partial charge on any atom is 0.233 e. The predicted octanol–water partition coefficient (Wildman–Crippen LogP) is 5.52. The van der Waals surface area contributed by atoms with Crippen molar-refractivity contribution < 1.29 is 4.79 Å². The maximum atomic E-state index is 13.0. The van der Waals surface area contributed by atoms with E-state index in [2.05, 4.69) is 22.1 Å². The zero-order valence-corrected chi connectivity index (χ0v) is 19.5. The van der Waals surface area contributed by atoms with E-state index in [0.29, 0.717) is 32.8 Å². The third-order valence-electron chi connectivity index (χ3n) is 5.46. The molecule has 3 aromatic rings. The Bertz CT molecular complexity index is 1060. The van der Waals surface area contributed by atoms with Gasteiger partial charge in [0.25, 0.3) is 0 Å². The zero-order valence-electron chi connectivity index (χ0n) is 17.2. The first-order chi connectivity index (χ1) is 15.1. The second kappa shape index (κ2) is 10.0. The van der Waals surface area contributed by atoms with E-state index in [1.165, 1.54) is 18.2 Å². The van der Waals surface area contributed by atoms with Gasteiger partial charge in [0, 0.05) is 30.5 Å². The number of halogens is 2. The Kier molecular flexibility index (Phi) is 7.15. The largest absolute Gasteiger partial charge is 0.339 e. The molecule has 31 heavy (non-hydrogen) atoms. The molecule has 9 heteroatoms. The average Bonchev–Trinajstić information content (AvgIpc) is 3.23. The topological polar surface area (TPSA) is 63.9 Å². The molecule has 162 valence electrons. The summed E-state index contributed by atoms with van der Waals surface area (Å²) in [6.45, 7) is 2.98. The van der Waals surface area contributed by atoms with Crippen LogP contribution in [0.2, 0.25) is 10.0 Å². The van der Waals surface area contributed by atoms with Gasteiger partial charge in [0.2, 0.25) is 5.91 Å². The van der Waals surface area contributed by atoms with Crippen LogP contribution in [0, 0.1) is 0 Å². The third kappa shape index (κ3) is 4.89. The number of amides is 1. The quantitative estimate of drug-likeness (QED) is 0.439. The summed E-state index contributed by atoms with van der Waals surface area (Å²) in [5, 5.41) is 10.3. The van der Waals surface area contributed by atoms with Crippen LogP contribution in [-0.4, -0.2) is 48.9 Å². The highest BCUT2D eigenvalue weighted by molar-refractivity contribution is 7.99. The van der Waals surface area contributed by atoms with Gasteiger partial charge in [-0.25, -0.2) is 0 Å². The van der Waals surface area contributed by atoms with Crippen LogP contribution in [-0.2, 0) is 4.79 Å². The Morgan fingerprint density at radius 3 is 2.81 bits per heavy atom. The number of pyridine rings is 1. The first kappa shape index (κ1) is 22.1. The number of piperidine rings is 1. The molecule has 0 bridgehead atoms. The summed E-state index contributed by atoms with van der Waals surface area (Å²) in [4.78, 5) is 19.2. The molecular weight excluding hydrogens is 453 g/mol. The van der Waals surface area contributed by atoms with E-state index in [9.17, 15) is 4.79 Å². The maximum absolute atomic E-state index is 13.0. The summed E-state index contributed by atoms with van der Waals surface area (Å²) in [5.74, 6) is 1.08. The summed E-state index contributed by atoms with van der Waals surface area (Å²) in [5.41, 5.74) is 1.60. The molecule has 6 nitrogen and oxygen atoms in total. The van der Waals surface area contributed by atoms with Crippen LogP contribution in [0.25, 0.3) is 17.1 Å². The molecule has 1 saturated heterocycles. The first-order valence-electron chi connectivity index (χ1n) is 10.3. The Labute approximate surface area is 196 Å². The van der Waals surface area contributed by atoms with Crippen molar-refractivity contribution in [2.45, 2.75) is 43.8 Å². The number of rotatable bonds is 6. The van der Waals surface area contributed by atoms with Crippen molar-refractivity contribution >= 4 is 40.9 Å². The minimum absolute atomic E-state index is 0.142. The van der Waals surface area contributed by atoms with Gasteiger partial charge in [-0.3, -0.25) is 14.3 Å². The number of carbonyl (C=O) groups excluding carboxylic acids is 1.